The first kappa shape index (κ1) is 19.0. The number of alkyl halides is 3. The summed E-state index contributed by atoms with van der Waals surface area (Å²) in [7, 11) is 0. The summed E-state index contributed by atoms with van der Waals surface area (Å²) < 4.78 is 39.1. The number of amidine groups is 1. The third-order valence-electron chi connectivity index (χ3n) is 3.64. The lowest BCUT2D eigenvalue weighted by Crippen LogP contribution is -2.28. The van der Waals surface area contributed by atoms with E-state index in [9.17, 15) is 22.8 Å². The molecule has 2 N–H and O–H groups in total. The molecule has 1 fully saturated rings. The van der Waals surface area contributed by atoms with Crippen LogP contribution in [0, 0.1) is 0 Å². The molecule has 9 heteroatoms. The lowest BCUT2D eigenvalue weighted by atomic mass is 10.2. The van der Waals surface area contributed by atoms with E-state index in [0.717, 1.165) is 17.8 Å². The van der Waals surface area contributed by atoms with E-state index in [1.807, 2.05) is 0 Å². The van der Waals surface area contributed by atoms with Gasteiger partial charge in [0.25, 0.3) is 0 Å². The molecule has 0 radical (unpaired) electrons. The van der Waals surface area contributed by atoms with Gasteiger partial charge in [-0.05, 0) is 24.3 Å². The number of nitrogens with one attached hydrogen (secondary N) is 2. The van der Waals surface area contributed by atoms with Crippen molar-refractivity contribution in [2.75, 3.05) is 5.32 Å². The fraction of sp³-hybridized carbons (Fsp3) is 0.167. The molecule has 0 aliphatic carbocycles. The number of amides is 2. The Hall–Kier alpha value is -2.81. The molecule has 0 bridgehead atoms. The predicted molar refractivity (Wildman–Crippen MR) is 97.7 cm³/mol. The smallest absolute Gasteiger partial charge is 0.326 e. The quantitative estimate of drug-likeness (QED) is 0.826. The normalized spacial score (nSPS) is 18.4. The zero-order valence-corrected chi connectivity index (χ0v) is 14.6. The van der Waals surface area contributed by atoms with Crippen molar-refractivity contribution in [3.8, 4) is 0 Å². The van der Waals surface area contributed by atoms with E-state index in [2.05, 4.69) is 15.6 Å². The van der Waals surface area contributed by atoms with Crippen LogP contribution in [0.1, 0.15) is 12.0 Å². The summed E-state index contributed by atoms with van der Waals surface area (Å²) in [5, 5.41) is 4.37. The topological polar surface area (TPSA) is 70.6 Å². The zero-order chi connectivity index (χ0) is 19.4. The van der Waals surface area contributed by atoms with Crippen molar-refractivity contribution in [3.63, 3.8) is 0 Å². The number of para-hydroxylation sites is 2. The molecule has 1 heterocycles. The fourth-order valence-corrected chi connectivity index (χ4v) is 3.40. The van der Waals surface area contributed by atoms with Crippen LogP contribution in [0.3, 0.4) is 0 Å². The minimum Gasteiger partial charge on any atom is -0.326 e. The number of rotatable bonds is 4. The molecule has 2 amide bonds. The predicted octanol–water partition coefficient (Wildman–Crippen LogP) is 3.95. The van der Waals surface area contributed by atoms with E-state index in [-0.39, 0.29) is 23.2 Å². The Kier molecular flexibility index (Phi) is 5.50. The molecule has 0 saturated carbocycles. The van der Waals surface area contributed by atoms with E-state index in [4.69, 9.17) is 0 Å². The van der Waals surface area contributed by atoms with Gasteiger partial charge in [-0.1, -0.05) is 42.1 Å². The Bertz CT molecular complexity index is 885. The zero-order valence-electron chi connectivity index (χ0n) is 13.8. The maximum absolute atomic E-state index is 13.0. The summed E-state index contributed by atoms with van der Waals surface area (Å²) in [4.78, 5) is 28.0. The van der Waals surface area contributed by atoms with Gasteiger partial charge in [-0.25, -0.2) is 4.99 Å². The Morgan fingerprint density at radius 1 is 1.11 bits per heavy atom. The second-order valence-corrected chi connectivity index (χ2v) is 6.84. The minimum absolute atomic E-state index is 0.0363. The molecular formula is C18H14F3N3O2S. The van der Waals surface area contributed by atoms with Crippen LogP contribution in [0.25, 0.3) is 0 Å². The fourth-order valence-electron chi connectivity index (χ4n) is 2.41. The number of halogens is 3. The van der Waals surface area contributed by atoms with E-state index in [0.29, 0.717) is 5.69 Å². The van der Waals surface area contributed by atoms with Crippen molar-refractivity contribution >= 4 is 40.1 Å². The molecule has 2 aromatic rings. The van der Waals surface area contributed by atoms with Crippen molar-refractivity contribution in [1.29, 1.82) is 0 Å². The molecule has 1 aliphatic heterocycles. The number of hydrogen-bond acceptors (Lipinski definition) is 4. The Labute approximate surface area is 157 Å². The highest BCUT2D eigenvalue weighted by molar-refractivity contribution is 8.15. The van der Waals surface area contributed by atoms with Gasteiger partial charge in [0.2, 0.25) is 11.8 Å². The number of carbonyl (C=O) groups is 2. The molecule has 2 aromatic carbocycles. The van der Waals surface area contributed by atoms with E-state index in [1.54, 1.807) is 30.3 Å². The number of hydrogen-bond donors (Lipinski definition) is 2. The van der Waals surface area contributed by atoms with E-state index in [1.165, 1.54) is 18.2 Å². The summed E-state index contributed by atoms with van der Waals surface area (Å²) >= 11 is 0.933. The Morgan fingerprint density at radius 2 is 1.78 bits per heavy atom. The van der Waals surface area contributed by atoms with Crippen LogP contribution >= 0.6 is 11.8 Å². The van der Waals surface area contributed by atoms with Gasteiger partial charge < -0.3 is 10.6 Å². The monoisotopic (exact) mass is 393 g/mol. The standard InChI is InChI=1S/C18H14F3N3O2S/c19-18(20,21)12-8-4-5-9-13(12)23-17-24-16(26)14(27-17)10-15(25)22-11-6-2-1-3-7-11/h1-9,14H,10H2,(H,22,25)(H,23,24,26)/t14-/m1/s1. The van der Waals surface area contributed by atoms with Gasteiger partial charge in [0.05, 0.1) is 11.3 Å². The van der Waals surface area contributed by atoms with Gasteiger partial charge in [-0.3, -0.25) is 9.59 Å². The van der Waals surface area contributed by atoms with Crippen LogP contribution in [0.4, 0.5) is 24.5 Å². The Balaban J connectivity index is 1.69. The Morgan fingerprint density at radius 3 is 2.48 bits per heavy atom. The van der Waals surface area contributed by atoms with Crippen LogP contribution < -0.4 is 10.6 Å². The summed E-state index contributed by atoms with van der Waals surface area (Å²) in [5.74, 6) is -0.836. The molecule has 140 valence electrons. The molecule has 0 aromatic heterocycles. The molecule has 3 rings (SSSR count). The number of anilines is 1. The number of aliphatic imine (C=N–C) groups is 1. The highest BCUT2D eigenvalue weighted by Gasteiger charge is 2.35. The first-order valence-corrected chi connectivity index (χ1v) is 8.78. The average Bonchev–Trinajstić information content (AvgIpc) is 2.94. The second-order valence-electron chi connectivity index (χ2n) is 5.65. The van der Waals surface area contributed by atoms with Crippen molar-refractivity contribution in [2.45, 2.75) is 17.8 Å². The SMILES string of the molecule is O=C(C[C@H]1SC(=Nc2ccccc2C(F)(F)F)NC1=O)Nc1ccccc1. The number of carbonyl (C=O) groups excluding carboxylic acids is 2. The van der Waals surface area contributed by atoms with Gasteiger partial charge >= 0.3 is 6.18 Å². The molecule has 5 nitrogen and oxygen atoms in total. The maximum Gasteiger partial charge on any atom is 0.418 e. The molecular weight excluding hydrogens is 379 g/mol. The summed E-state index contributed by atoms with van der Waals surface area (Å²) in [6.45, 7) is 0. The number of benzene rings is 2. The van der Waals surface area contributed by atoms with Crippen LogP contribution in [0.5, 0.6) is 0 Å². The van der Waals surface area contributed by atoms with Crippen molar-refractivity contribution in [1.82, 2.24) is 5.32 Å². The van der Waals surface area contributed by atoms with Crippen molar-refractivity contribution < 1.29 is 22.8 Å². The molecule has 1 aliphatic rings. The molecule has 1 atom stereocenters. The lowest BCUT2D eigenvalue weighted by molar-refractivity contribution is -0.137. The average molecular weight is 393 g/mol. The minimum atomic E-state index is -4.55. The van der Waals surface area contributed by atoms with E-state index < -0.39 is 22.9 Å². The maximum atomic E-state index is 13.0. The van der Waals surface area contributed by atoms with Crippen LogP contribution in [-0.2, 0) is 15.8 Å². The number of nitrogens with zero attached hydrogens (tertiary/aromatic N) is 1. The van der Waals surface area contributed by atoms with Crippen molar-refractivity contribution in [3.05, 3.63) is 60.2 Å². The van der Waals surface area contributed by atoms with Crippen LogP contribution in [0.15, 0.2) is 59.6 Å². The second kappa shape index (κ2) is 7.83. The van der Waals surface area contributed by atoms with E-state index >= 15 is 0 Å². The van der Waals surface area contributed by atoms with Crippen molar-refractivity contribution in [2.24, 2.45) is 4.99 Å². The first-order chi connectivity index (χ1) is 12.8. The molecule has 0 unspecified atom stereocenters. The summed E-state index contributed by atoms with van der Waals surface area (Å²) in [6.07, 6.45) is -4.67. The van der Waals surface area contributed by atoms with Crippen LogP contribution in [-0.4, -0.2) is 22.2 Å². The van der Waals surface area contributed by atoms with Gasteiger partial charge in [0, 0.05) is 12.1 Å². The van der Waals surface area contributed by atoms with Gasteiger partial charge in [-0.2, -0.15) is 13.2 Å². The highest BCUT2D eigenvalue weighted by Crippen LogP contribution is 2.37. The molecule has 1 saturated heterocycles. The summed E-state index contributed by atoms with van der Waals surface area (Å²) in [5.41, 5.74) is -0.585. The highest BCUT2D eigenvalue weighted by atomic mass is 32.2. The van der Waals surface area contributed by atoms with Gasteiger partial charge in [-0.15, -0.1) is 0 Å². The van der Waals surface area contributed by atoms with Crippen LogP contribution in [0.2, 0.25) is 0 Å². The molecule has 0 spiro atoms. The third kappa shape index (κ3) is 4.88. The third-order valence-corrected chi connectivity index (χ3v) is 4.72. The first-order valence-electron chi connectivity index (χ1n) is 7.90. The lowest BCUT2D eigenvalue weighted by Gasteiger charge is -2.09. The summed E-state index contributed by atoms with van der Waals surface area (Å²) in [6, 6.07) is 13.6. The van der Waals surface area contributed by atoms with Gasteiger partial charge in [0.15, 0.2) is 5.17 Å². The largest absolute Gasteiger partial charge is 0.418 e. The number of thioether (sulfide) groups is 1. The van der Waals surface area contributed by atoms with Gasteiger partial charge in [0.1, 0.15) is 5.25 Å². The molecule has 27 heavy (non-hydrogen) atoms.